The predicted molar refractivity (Wildman–Crippen MR) is 60.9 cm³/mol. The van der Waals surface area contributed by atoms with Crippen molar-refractivity contribution in [2.45, 2.75) is 24.7 Å². The number of anilines is 1. The van der Waals surface area contributed by atoms with Crippen LogP contribution in [0.25, 0.3) is 0 Å². The van der Waals surface area contributed by atoms with Gasteiger partial charge in [-0.05, 0) is 6.92 Å². The Bertz CT molecular complexity index is 479. The number of nitrogens with two attached hydrogens (primary N) is 1. The van der Waals surface area contributed by atoms with Gasteiger partial charge in [-0.1, -0.05) is 0 Å². The molecule has 1 fully saturated rings. The quantitative estimate of drug-likeness (QED) is 0.774. The molecular weight excluding hydrogens is 249 g/mol. The zero-order valence-corrected chi connectivity index (χ0v) is 9.85. The van der Waals surface area contributed by atoms with Crippen LogP contribution >= 0.6 is 11.8 Å². The average molecular weight is 261 g/mol. The van der Waals surface area contributed by atoms with Crippen molar-refractivity contribution in [3.63, 3.8) is 0 Å². The van der Waals surface area contributed by atoms with E-state index in [1.165, 1.54) is 11.8 Å². The molecule has 0 amide bonds. The van der Waals surface area contributed by atoms with Gasteiger partial charge < -0.3 is 15.6 Å². The average Bonchev–Trinajstić information content (AvgIpc) is 2.72. The zero-order chi connectivity index (χ0) is 12.6. The fourth-order valence-corrected chi connectivity index (χ4v) is 2.55. The van der Waals surface area contributed by atoms with E-state index < -0.39 is 35.1 Å². The lowest BCUT2D eigenvalue weighted by atomic mass is 10.4. The number of nitrogens with zero attached hydrogens (tertiary/aromatic N) is 2. The minimum absolute atomic E-state index is 0.424. The molecule has 3 unspecified atom stereocenters. The van der Waals surface area contributed by atoms with Gasteiger partial charge in [0.2, 0.25) is 0 Å². The van der Waals surface area contributed by atoms with Crippen molar-refractivity contribution in [3.05, 3.63) is 22.5 Å². The summed E-state index contributed by atoms with van der Waals surface area (Å²) in [5.41, 5.74) is 4.09. The van der Waals surface area contributed by atoms with Crippen LogP contribution < -0.4 is 11.4 Å². The second-order valence-corrected chi connectivity index (χ2v) is 4.83. The summed E-state index contributed by atoms with van der Waals surface area (Å²) in [6, 6.07) is 0. The molecule has 0 saturated carbocycles. The first-order chi connectivity index (χ1) is 7.99. The number of thioether (sulfide) groups is 1. The van der Waals surface area contributed by atoms with E-state index in [2.05, 4.69) is 4.98 Å². The summed E-state index contributed by atoms with van der Waals surface area (Å²) in [6.45, 7) is 1.59. The Labute approximate surface area is 101 Å². The predicted octanol–water partition coefficient (Wildman–Crippen LogP) is -0.0665. The van der Waals surface area contributed by atoms with Crippen molar-refractivity contribution in [3.8, 4) is 0 Å². The molecule has 1 aliphatic heterocycles. The summed E-state index contributed by atoms with van der Waals surface area (Å²) in [4.78, 5) is 14.9. The Kier molecular flexibility index (Phi) is 3.36. The van der Waals surface area contributed by atoms with Gasteiger partial charge in [-0.2, -0.15) is 4.98 Å². The molecule has 8 heteroatoms. The molecule has 94 valence electrons. The van der Waals surface area contributed by atoms with Crippen LogP contribution in [0.1, 0.15) is 13.2 Å². The molecule has 3 N–H and O–H groups in total. The van der Waals surface area contributed by atoms with E-state index in [1.54, 1.807) is 6.92 Å². The molecule has 1 saturated heterocycles. The van der Waals surface area contributed by atoms with Gasteiger partial charge in [0, 0.05) is 5.75 Å². The standard InChI is InChI=1S/C9H12FN3O3S/c1-4(14)8-16-6(3-17-8)13-2-5(10)7(11)12-9(13)15/h2,4,6,8,14H,3H2,1H3,(H2,11,12,15). The van der Waals surface area contributed by atoms with E-state index in [1.807, 2.05) is 0 Å². The molecule has 17 heavy (non-hydrogen) atoms. The van der Waals surface area contributed by atoms with Crippen LogP contribution in [-0.4, -0.2) is 32.0 Å². The zero-order valence-electron chi connectivity index (χ0n) is 9.04. The fraction of sp³-hybridized carbons (Fsp3) is 0.556. The molecule has 0 aliphatic carbocycles. The summed E-state index contributed by atoms with van der Waals surface area (Å²) >= 11 is 1.36. The number of hydrogen-bond acceptors (Lipinski definition) is 6. The summed E-state index contributed by atoms with van der Waals surface area (Å²) in [5, 5.41) is 9.34. The highest BCUT2D eigenvalue weighted by Crippen LogP contribution is 2.32. The maximum absolute atomic E-state index is 13.2. The molecular formula is C9H12FN3O3S. The number of hydrogen-bond donors (Lipinski definition) is 2. The van der Waals surface area contributed by atoms with Crippen molar-refractivity contribution in [2.24, 2.45) is 0 Å². The Balaban J connectivity index is 2.25. The maximum Gasteiger partial charge on any atom is 0.351 e. The molecule has 2 heterocycles. The second kappa shape index (κ2) is 4.63. The number of ether oxygens (including phenoxy) is 1. The van der Waals surface area contributed by atoms with E-state index in [0.29, 0.717) is 5.75 Å². The molecule has 3 atom stereocenters. The van der Waals surface area contributed by atoms with Crippen LogP contribution in [0.15, 0.2) is 11.0 Å². The van der Waals surface area contributed by atoms with E-state index in [4.69, 9.17) is 10.5 Å². The first-order valence-corrected chi connectivity index (χ1v) is 6.03. The van der Waals surface area contributed by atoms with Gasteiger partial charge in [-0.3, -0.25) is 4.57 Å². The van der Waals surface area contributed by atoms with Crippen molar-refractivity contribution in [2.75, 3.05) is 11.5 Å². The van der Waals surface area contributed by atoms with Crippen LogP contribution in [0.2, 0.25) is 0 Å². The highest BCUT2D eigenvalue weighted by atomic mass is 32.2. The van der Waals surface area contributed by atoms with Crippen LogP contribution in [-0.2, 0) is 4.74 Å². The lowest BCUT2D eigenvalue weighted by Gasteiger charge is -2.16. The van der Waals surface area contributed by atoms with Gasteiger partial charge in [0.15, 0.2) is 11.6 Å². The molecule has 0 bridgehead atoms. The third-order valence-electron chi connectivity index (χ3n) is 2.33. The van der Waals surface area contributed by atoms with Crippen LogP contribution in [0.4, 0.5) is 10.2 Å². The Hall–Kier alpha value is -1.12. The summed E-state index contributed by atoms with van der Waals surface area (Å²) in [7, 11) is 0. The Morgan fingerprint density at radius 3 is 3.12 bits per heavy atom. The molecule has 1 aliphatic rings. The monoisotopic (exact) mass is 261 g/mol. The first-order valence-electron chi connectivity index (χ1n) is 4.98. The van der Waals surface area contributed by atoms with E-state index in [0.717, 1.165) is 10.8 Å². The highest BCUT2D eigenvalue weighted by Gasteiger charge is 2.31. The van der Waals surface area contributed by atoms with Crippen LogP contribution in [0.5, 0.6) is 0 Å². The van der Waals surface area contributed by atoms with Crippen LogP contribution in [0.3, 0.4) is 0 Å². The maximum atomic E-state index is 13.2. The second-order valence-electron chi connectivity index (χ2n) is 3.70. The Morgan fingerprint density at radius 1 is 1.82 bits per heavy atom. The SMILES string of the molecule is CC(O)C1OC(n2cc(F)c(N)nc2=O)CS1. The fourth-order valence-electron chi connectivity index (χ4n) is 1.47. The molecule has 1 aromatic rings. The highest BCUT2D eigenvalue weighted by molar-refractivity contribution is 8.00. The lowest BCUT2D eigenvalue weighted by Crippen LogP contribution is -2.30. The molecule has 0 aromatic carbocycles. The normalized spacial score (nSPS) is 26.1. The van der Waals surface area contributed by atoms with Crippen molar-refractivity contribution in [1.82, 2.24) is 9.55 Å². The van der Waals surface area contributed by atoms with Gasteiger partial charge in [0.25, 0.3) is 0 Å². The molecule has 6 nitrogen and oxygen atoms in total. The van der Waals surface area contributed by atoms with Gasteiger partial charge in [0.1, 0.15) is 11.7 Å². The molecule has 1 aromatic heterocycles. The lowest BCUT2D eigenvalue weighted by molar-refractivity contribution is -0.0345. The number of aromatic nitrogens is 2. The van der Waals surface area contributed by atoms with Crippen molar-refractivity contribution in [1.29, 1.82) is 0 Å². The minimum Gasteiger partial charge on any atom is -0.390 e. The van der Waals surface area contributed by atoms with Crippen molar-refractivity contribution < 1.29 is 14.2 Å². The third kappa shape index (κ3) is 2.43. The van der Waals surface area contributed by atoms with Gasteiger partial charge >= 0.3 is 5.69 Å². The van der Waals surface area contributed by atoms with Crippen molar-refractivity contribution >= 4 is 17.6 Å². The van der Waals surface area contributed by atoms with Gasteiger partial charge in [-0.15, -0.1) is 11.8 Å². The number of aliphatic hydroxyl groups is 1. The van der Waals surface area contributed by atoms with E-state index in [-0.39, 0.29) is 0 Å². The topological polar surface area (TPSA) is 90.4 Å². The number of rotatable bonds is 2. The number of aliphatic hydroxyl groups excluding tert-OH is 1. The van der Waals surface area contributed by atoms with E-state index in [9.17, 15) is 14.3 Å². The number of nitrogen functional groups attached to an aromatic ring is 1. The van der Waals surface area contributed by atoms with Gasteiger partial charge in [-0.25, -0.2) is 9.18 Å². The number of halogens is 1. The van der Waals surface area contributed by atoms with Gasteiger partial charge in [0.05, 0.1) is 12.3 Å². The Morgan fingerprint density at radius 2 is 2.53 bits per heavy atom. The summed E-state index contributed by atoms with van der Waals surface area (Å²) < 4.78 is 19.7. The molecule has 2 rings (SSSR count). The summed E-state index contributed by atoms with van der Waals surface area (Å²) in [5.74, 6) is -0.747. The first kappa shape index (κ1) is 12.3. The van der Waals surface area contributed by atoms with E-state index >= 15 is 0 Å². The smallest absolute Gasteiger partial charge is 0.351 e. The summed E-state index contributed by atoms with van der Waals surface area (Å²) in [6.07, 6.45) is -0.317. The molecule has 0 spiro atoms. The minimum atomic E-state index is -0.765. The van der Waals surface area contributed by atoms with Crippen LogP contribution in [0, 0.1) is 5.82 Å². The molecule has 0 radical (unpaired) electrons. The third-order valence-corrected chi connectivity index (χ3v) is 3.64. The largest absolute Gasteiger partial charge is 0.390 e.